The summed E-state index contributed by atoms with van der Waals surface area (Å²) in [5, 5.41) is 12.9. The zero-order valence-electron chi connectivity index (χ0n) is 12.6. The largest absolute Gasteiger partial charge is 0.508 e. The van der Waals surface area contributed by atoms with Crippen LogP contribution in [0.15, 0.2) is 18.2 Å². The summed E-state index contributed by atoms with van der Waals surface area (Å²) in [5.74, 6) is -0.559. The van der Waals surface area contributed by atoms with E-state index in [0.29, 0.717) is 31.6 Å². The molecule has 1 rings (SSSR count). The molecule has 0 spiro atoms. The van der Waals surface area contributed by atoms with Gasteiger partial charge < -0.3 is 10.4 Å². The molecule has 0 amide bonds. The Hall–Kier alpha value is -1.18. The average molecular weight is 318 g/mol. The van der Waals surface area contributed by atoms with Gasteiger partial charge in [0.05, 0.1) is 6.26 Å². The highest BCUT2D eigenvalue weighted by molar-refractivity contribution is 7.88. The molecule has 7 heteroatoms. The van der Waals surface area contributed by atoms with Gasteiger partial charge in [-0.2, -0.15) is 0 Å². The van der Waals surface area contributed by atoms with Gasteiger partial charge in [-0.3, -0.25) is 0 Å². The molecule has 2 N–H and O–H groups in total. The van der Waals surface area contributed by atoms with Gasteiger partial charge in [0.1, 0.15) is 11.6 Å². The molecular weight excluding hydrogens is 295 g/mol. The maximum Gasteiger partial charge on any atom is 0.211 e. The van der Waals surface area contributed by atoms with E-state index in [1.807, 2.05) is 6.92 Å². The van der Waals surface area contributed by atoms with Crippen molar-refractivity contribution in [2.75, 3.05) is 25.9 Å². The third-order valence-electron chi connectivity index (χ3n) is 3.32. The van der Waals surface area contributed by atoms with Crippen LogP contribution in [-0.4, -0.2) is 43.7 Å². The van der Waals surface area contributed by atoms with E-state index in [2.05, 4.69) is 5.32 Å². The minimum absolute atomic E-state index is 0.0821. The fourth-order valence-corrected chi connectivity index (χ4v) is 3.06. The number of rotatable bonds is 8. The van der Waals surface area contributed by atoms with E-state index in [-0.39, 0.29) is 11.8 Å². The highest BCUT2D eigenvalue weighted by atomic mass is 32.2. The van der Waals surface area contributed by atoms with Crippen LogP contribution in [0, 0.1) is 5.82 Å². The maximum atomic E-state index is 12.9. The normalized spacial score (nSPS) is 13.6. The molecule has 1 unspecified atom stereocenters. The molecule has 5 nitrogen and oxygen atoms in total. The number of benzene rings is 1. The van der Waals surface area contributed by atoms with E-state index < -0.39 is 15.8 Å². The Balaban J connectivity index is 2.45. The number of hydrogen-bond donors (Lipinski definition) is 2. The zero-order chi connectivity index (χ0) is 16.0. The molecule has 120 valence electrons. The molecule has 1 aromatic rings. The van der Waals surface area contributed by atoms with Gasteiger partial charge in [-0.15, -0.1) is 0 Å². The van der Waals surface area contributed by atoms with Crippen LogP contribution in [0.2, 0.25) is 0 Å². The molecule has 0 saturated heterocycles. The number of sulfonamides is 1. The van der Waals surface area contributed by atoms with E-state index in [4.69, 9.17) is 0 Å². The van der Waals surface area contributed by atoms with E-state index in [9.17, 15) is 17.9 Å². The molecular formula is C14H23FN2O3S. The Bertz CT molecular complexity index is 563. The first-order chi connectivity index (χ1) is 9.75. The SMILES string of the molecule is CCN(CCCNC(C)c1ccc(F)cc1O)S(C)(=O)=O. The maximum absolute atomic E-state index is 12.9. The van der Waals surface area contributed by atoms with Gasteiger partial charge in [-0.05, 0) is 26.0 Å². The summed E-state index contributed by atoms with van der Waals surface area (Å²) in [7, 11) is -3.16. The van der Waals surface area contributed by atoms with Crippen LogP contribution in [0.3, 0.4) is 0 Å². The third-order valence-corrected chi connectivity index (χ3v) is 4.69. The number of phenolic OH excluding ortho intramolecular Hbond substituents is 1. The third kappa shape index (κ3) is 5.61. The second-order valence-corrected chi connectivity index (χ2v) is 6.97. The Morgan fingerprint density at radius 3 is 2.62 bits per heavy atom. The number of hydrogen-bond acceptors (Lipinski definition) is 4. The summed E-state index contributed by atoms with van der Waals surface area (Å²) < 4.78 is 37.2. The number of phenols is 1. The molecule has 0 aliphatic carbocycles. The second-order valence-electron chi connectivity index (χ2n) is 4.99. The minimum atomic E-state index is -3.16. The van der Waals surface area contributed by atoms with E-state index in [1.54, 1.807) is 6.92 Å². The predicted molar refractivity (Wildman–Crippen MR) is 81.2 cm³/mol. The van der Waals surface area contributed by atoms with Crippen LogP contribution in [0.1, 0.15) is 31.9 Å². The quantitative estimate of drug-likeness (QED) is 0.718. The van der Waals surface area contributed by atoms with Gasteiger partial charge in [0.2, 0.25) is 10.0 Å². The van der Waals surface area contributed by atoms with Gasteiger partial charge in [-0.1, -0.05) is 13.0 Å². The van der Waals surface area contributed by atoms with Gasteiger partial charge in [0.25, 0.3) is 0 Å². The van der Waals surface area contributed by atoms with Crippen molar-refractivity contribution in [1.82, 2.24) is 9.62 Å². The minimum Gasteiger partial charge on any atom is -0.508 e. The van der Waals surface area contributed by atoms with Crippen molar-refractivity contribution in [1.29, 1.82) is 0 Å². The predicted octanol–water partition coefficient (Wildman–Crippen LogP) is 1.85. The van der Waals surface area contributed by atoms with Crippen LogP contribution < -0.4 is 5.32 Å². The first kappa shape index (κ1) is 17.9. The summed E-state index contributed by atoms with van der Waals surface area (Å²) in [6.45, 7) is 5.16. The van der Waals surface area contributed by atoms with Crippen LogP contribution >= 0.6 is 0 Å². The highest BCUT2D eigenvalue weighted by Crippen LogP contribution is 2.24. The molecule has 0 aliphatic heterocycles. The zero-order valence-corrected chi connectivity index (χ0v) is 13.5. The first-order valence-electron chi connectivity index (χ1n) is 6.92. The lowest BCUT2D eigenvalue weighted by Crippen LogP contribution is -2.32. The van der Waals surface area contributed by atoms with Crippen molar-refractivity contribution < 1.29 is 17.9 Å². The Morgan fingerprint density at radius 1 is 1.43 bits per heavy atom. The lowest BCUT2D eigenvalue weighted by atomic mass is 10.1. The van der Waals surface area contributed by atoms with Gasteiger partial charge in [0.15, 0.2) is 0 Å². The monoisotopic (exact) mass is 318 g/mol. The molecule has 21 heavy (non-hydrogen) atoms. The van der Waals surface area contributed by atoms with E-state index in [1.165, 1.54) is 22.7 Å². The van der Waals surface area contributed by atoms with Crippen LogP contribution in [-0.2, 0) is 10.0 Å². The molecule has 0 aromatic heterocycles. The lowest BCUT2D eigenvalue weighted by molar-refractivity contribution is 0.409. The summed E-state index contributed by atoms with van der Waals surface area (Å²) >= 11 is 0. The summed E-state index contributed by atoms with van der Waals surface area (Å²) in [6.07, 6.45) is 1.86. The second kappa shape index (κ2) is 7.72. The smallest absolute Gasteiger partial charge is 0.211 e. The van der Waals surface area contributed by atoms with Crippen LogP contribution in [0.25, 0.3) is 0 Å². The number of aromatic hydroxyl groups is 1. The Kier molecular flexibility index (Phi) is 6.57. The van der Waals surface area contributed by atoms with Gasteiger partial charge in [0, 0.05) is 30.8 Å². The average Bonchev–Trinajstić information content (AvgIpc) is 2.36. The molecule has 0 saturated carbocycles. The molecule has 0 bridgehead atoms. The number of halogens is 1. The van der Waals surface area contributed by atoms with Crippen molar-refractivity contribution in [3.8, 4) is 5.75 Å². The van der Waals surface area contributed by atoms with Crippen molar-refractivity contribution in [3.63, 3.8) is 0 Å². The van der Waals surface area contributed by atoms with Gasteiger partial charge in [-0.25, -0.2) is 17.1 Å². The molecule has 1 aromatic carbocycles. The molecule has 0 fully saturated rings. The van der Waals surface area contributed by atoms with E-state index in [0.717, 1.165) is 6.07 Å². The summed E-state index contributed by atoms with van der Waals surface area (Å²) in [6, 6.07) is 3.78. The summed E-state index contributed by atoms with van der Waals surface area (Å²) in [4.78, 5) is 0. The van der Waals surface area contributed by atoms with Crippen LogP contribution in [0.5, 0.6) is 5.75 Å². The fraction of sp³-hybridized carbons (Fsp3) is 0.571. The molecule has 1 atom stereocenters. The topological polar surface area (TPSA) is 69.6 Å². The number of nitrogens with zero attached hydrogens (tertiary/aromatic N) is 1. The number of nitrogens with one attached hydrogen (secondary N) is 1. The van der Waals surface area contributed by atoms with Gasteiger partial charge >= 0.3 is 0 Å². The Labute approximate surface area is 125 Å². The highest BCUT2D eigenvalue weighted by Gasteiger charge is 2.14. The van der Waals surface area contributed by atoms with Crippen LogP contribution in [0.4, 0.5) is 4.39 Å². The van der Waals surface area contributed by atoms with Crippen molar-refractivity contribution in [2.45, 2.75) is 26.3 Å². The Morgan fingerprint density at radius 2 is 2.10 bits per heavy atom. The van der Waals surface area contributed by atoms with Crippen molar-refractivity contribution in [2.24, 2.45) is 0 Å². The van der Waals surface area contributed by atoms with Crippen molar-refractivity contribution >= 4 is 10.0 Å². The fourth-order valence-electron chi connectivity index (χ4n) is 2.13. The van der Waals surface area contributed by atoms with E-state index >= 15 is 0 Å². The molecule has 0 aliphatic rings. The molecule has 0 heterocycles. The lowest BCUT2D eigenvalue weighted by Gasteiger charge is -2.19. The summed E-state index contributed by atoms with van der Waals surface area (Å²) in [5.41, 5.74) is 0.617. The first-order valence-corrected chi connectivity index (χ1v) is 8.77. The molecule has 0 radical (unpaired) electrons. The van der Waals surface area contributed by atoms with Crippen molar-refractivity contribution in [3.05, 3.63) is 29.6 Å². The standard InChI is InChI=1S/C14H23FN2O3S/c1-4-17(21(3,19)20)9-5-8-16-11(2)13-7-6-12(15)10-14(13)18/h6-7,10-11,16,18H,4-5,8-9H2,1-3H3.